The van der Waals surface area contributed by atoms with Crippen molar-refractivity contribution in [3.63, 3.8) is 0 Å². The number of carbonyl (C=O) groups is 1. The molecule has 0 saturated carbocycles. The van der Waals surface area contributed by atoms with Crippen LogP contribution in [-0.2, 0) is 0 Å². The fourth-order valence-corrected chi connectivity index (χ4v) is 1.53. The first-order chi connectivity index (χ1) is 9.06. The van der Waals surface area contributed by atoms with Gasteiger partial charge in [0.25, 0.3) is 5.91 Å². The minimum absolute atomic E-state index is 0.113. The maximum atomic E-state index is 13.7. The van der Waals surface area contributed by atoms with Crippen molar-refractivity contribution in [1.82, 2.24) is 0 Å². The molecular weight excluding hydrogens is 249 g/mol. The van der Waals surface area contributed by atoms with Crippen LogP contribution in [0, 0.1) is 5.82 Å². The van der Waals surface area contributed by atoms with Crippen molar-refractivity contribution in [1.29, 1.82) is 0 Å². The van der Waals surface area contributed by atoms with Crippen LogP contribution in [0.1, 0.15) is 24.4 Å². The van der Waals surface area contributed by atoms with Crippen LogP contribution in [-0.4, -0.2) is 12.0 Å². The standard InChI is InChI=1S/C14H14FNO3/c1-9(2)19-12-6-5-10(8-11(12)15)16-14(17)13-4-3-7-18-13/h3-9H,1-2H3,(H,16,17). The van der Waals surface area contributed by atoms with Crippen molar-refractivity contribution >= 4 is 11.6 Å². The van der Waals surface area contributed by atoms with E-state index in [1.807, 2.05) is 13.8 Å². The number of benzene rings is 1. The van der Waals surface area contributed by atoms with Crippen LogP contribution in [0.15, 0.2) is 41.0 Å². The Labute approximate surface area is 110 Å². The second-order valence-corrected chi connectivity index (χ2v) is 4.24. The largest absolute Gasteiger partial charge is 0.488 e. The Morgan fingerprint density at radius 2 is 2.16 bits per heavy atom. The van der Waals surface area contributed by atoms with E-state index in [-0.39, 0.29) is 17.6 Å². The molecule has 100 valence electrons. The van der Waals surface area contributed by atoms with Gasteiger partial charge in [-0.2, -0.15) is 0 Å². The lowest BCUT2D eigenvalue weighted by Crippen LogP contribution is -2.11. The number of anilines is 1. The summed E-state index contributed by atoms with van der Waals surface area (Å²) in [4.78, 5) is 11.7. The zero-order valence-corrected chi connectivity index (χ0v) is 10.6. The Balaban J connectivity index is 2.10. The van der Waals surface area contributed by atoms with E-state index in [2.05, 4.69) is 5.32 Å². The summed E-state index contributed by atoms with van der Waals surface area (Å²) in [5.41, 5.74) is 0.343. The van der Waals surface area contributed by atoms with Crippen molar-refractivity contribution in [3.8, 4) is 5.75 Å². The molecule has 0 aliphatic rings. The smallest absolute Gasteiger partial charge is 0.291 e. The molecule has 0 radical (unpaired) electrons. The summed E-state index contributed by atoms with van der Waals surface area (Å²) in [7, 11) is 0. The van der Waals surface area contributed by atoms with Crippen molar-refractivity contribution in [2.45, 2.75) is 20.0 Å². The lowest BCUT2D eigenvalue weighted by atomic mass is 10.2. The highest BCUT2D eigenvalue weighted by molar-refractivity contribution is 6.02. The minimum atomic E-state index is -0.522. The SMILES string of the molecule is CC(C)Oc1ccc(NC(=O)c2ccco2)cc1F. The number of amides is 1. The molecule has 0 bridgehead atoms. The van der Waals surface area contributed by atoms with Gasteiger partial charge in [0.15, 0.2) is 17.3 Å². The fourth-order valence-electron chi connectivity index (χ4n) is 1.53. The highest BCUT2D eigenvalue weighted by Crippen LogP contribution is 2.22. The molecule has 1 heterocycles. The van der Waals surface area contributed by atoms with Gasteiger partial charge in [-0.15, -0.1) is 0 Å². The predicted molar refractivity (Wildman–Crippen MR) is 68.8 cm³/mol. The first-order valence-electron chi connectivity index (χ1n) is 5.87. The van der Waals surface area contributed by atoms with E-state index in [0.717, 1.165) is 0 Å². The van der Waals surface area contributed by atoms with E-state index in [0.29, 0.717) is 5.69 Å². The summed E-state index contributed by atoms with van der Waals surface area (Å²) < 4.78 is 23.9. The Morgan fingerprint density at radius 1 is 1.37 bits per heavy atom. The van der Waals surface area contributed by atoms with Crippen LogP contribution in [0.4, 0.5) is 10.1 Å². The first-order valence-corrected chi connectivity index (χ1v) is 5.87. The summed E-state index contributed by atoms with van der Waals surface area (Å²) in [5.74, 6) is -0.623. The van der Waals surface area contributed by atoms with Gasteiger partial charge in [0.1, 0.15) is 0 Å². The first kappa shape index (κ1) is 13.1. The number of halogens is 1. The molecule has 1 aromatic heterocycles. The molecule has 1 aromatic carbocycles. The summed E-state index contributed by atoms with van der Waals surface area (Å²) in [6, 6.07) is 7.39. The van der Waals surface area contributed by atoms with Crippen molar-refractivity contribution in [2.24, 2.45) is 0 Å². The van der Waals surface area contributed by atoms with Gasteiger partial charge in [0.05, 0.1) is 12.4 Å². The molecule has 0 atom stereocenters. The highest BCUT2D eigenvalue weighted by atomic mass is 19.1. The van der Waals surface area contributed by atoms with Crippen molar-refractivity contribution in [2.75, 3.05) is 5.32 Å². The van der Waals surface area contributed by atoms with Gasteiger partial charge in [-0.1, -0.05) is 0 Å². The van der Waals surface area contributed by atoms with Crippen LogP contribution in [0.5, 0.6) is 5.75 Å². The summed E-state index contributed by atoms with van der Waals surface area (Å²) in [6.07, 6.45) is 1.28. The minimum Gasteiger partial charge on any atom is -0.488 e. The fraction of sp³-hybridized carbons (Fsp3) is 0.214. The third-order valence-corrected chi connectivity index (χ3v) is 2.30. The average molecular weight is 263 g/mol. The number of furan rings is 1. The van der Waals surface area contributed by atoms with Gasteiger partial charge in [0.2, 0.25) is 0 Å². The second kappa shape index (κ2) is 5.56. The molecule has 0 saturated heterocycles. The van der Waals surface area contributed by atoms with E-state index in [1.54, 1.807) is 12.1 Å². The maximum Gasteiger partial charge on any atom is 0.291 e. The molecular formula is C14H14FNO3. The monoisotopic (exact) mass is 263 g/mol. The number of hydrogen-bond donors (Lipinski definition) is 1. The molecule has 5 heteroatoms. The molecule has 0 fully saturated rings. The van der Waals surface area contributed by atoms with E-state index in [4.69, 9.17) is 9.15 Å². The Bertz CT molecular complexity index is 564. The topological polar surface area (TPSA) is 51.5 Å². The van der Waals surface area contributed by atoms with E-state index >= 15 is 0 Å². The molecule has 0 unspecified atom stereocenters. The quantitative estimate of drug-likeness (QED) is 0.919. The Kier molecular flexibility index (Phi) is 3.85. The van der Waals surface area contributed by atoms with Crippen LogP contribution in [0.2, 0.25) is 0 Å². The van der Waals surface area contributed by atoms with Crippen molar-refractivity contribution < 1.29 is 18.3 Å². The maximum absolute atomic E-state index is 13.7. The normalized spacial score (nSPS) is 10.5. The van der Waals surface area contributed by atoms with Gasteiger partial charge in [0, 0.05) is 11.8 Å². The lowest BCUT2D eigenvalue weighted by Gasteiger charge is -2.11. The average Bonchev–Trinajstić information content (AvgIpc) is 2.86. The second-order valence-electron chi connectivity index (χ2n) is 4.24. The van der Waals surface area contributed by atoms with Crippen LogP contribution in [0.25, 0.3) is 0 Å². The zero-order chi connectivity index (χ0) is 13.8. The number of rotatable bonds is 4. The molecule has 1 amide bonds. The van der Waals surface area contributed by atoms with Gasteiger partial charge in [-0.25, -0.2) is 4.39 Å². The molecule has 1 N–H and O–H groups in total. The van der Waals surface area contributed by atoms with E-state index in [9.17, 15) is 9.18 Å². The van der Waals surface area contributed by atoms with Crippen LogP contribution >= 0.6 is 0 Å². The van der Waals surface area contributed by atoms with Crippen molar-refractivity contribution in [3.05, 3.63) is 48.2 Å². The predicted octanol–water partition coefficient (Wildman–Crippen LogP) is 3.46. The molecule has 0 spiro atoms. The molecule has 2 rings (SSSR count). The molecule has 0 aliphatic heterocycles. The highest BCUT2D eigenvalue weighted by Gasteiger charge is 2.11. The van der Waals surface area contributed by atoms with Crippen LogP contribution in [0.3, 0.4) is 0 Å². The zero-order valence-electron chi connectivity index (χ0n) is 10.6. The Hall–Kier alpha value is -2.30. The van der Waals surface area contributed by atoms with Crippen LogP contribution < -0.4 is 10.1 Å². The molecule has 19 heavy (non-hydrogen) atoms. The van der Waals surface area contributed by atoms with Gasteiger partial charge in [-0.3, -0.25) is 4.79 Å². The number of ether oxygens (including phenoxy) is 1. The number of nitrogens with one attached hydrogen (secondary N) is 1. The number of carbonyl (C=O) groups excluding carboxylic acids is 1. The third kappa shape index (κ3) is 3.34. The molecule has 0 aliphatic carbocycles. The molecule has 4 nitrogen and oxygen atoms in total. The summed E-state index contributed by atoms with van der Waals surface area (Å²) in [6.45, 7) is 3.62. The number of hydrogen-bond acceptors (Lipinski definition) is 3. The molecule has 2 aromatic rings. The Morgan fingerprint density at radius 3 is 2.74 bits per heavy atom. The summed E-state index contributed by atoms with van der Waals surface area (Å²) >= 11 is 0. The van der Waals surface area contributed by atoms with E-state index in [1.165, 1.54) is 24.5 Å². The van der Waals surface area contributed by atoms with Gasteiger partial charge >= 0.3 is 0 Å². The van der Waals surface area contributed by atoms with Gasteiger partial charge in [-0.05, 0) is 38.1 Å². The third-order valence-electron chi connectivity index (χ3n) is 2.30. The van der Waals surface area contributed by atoms with Gasteiger partial charge < -0.3 is 14.5 Å². The summed E-state index contributed by atoms with van der Waals surface area (Å²) in [5, 5.41) is 2.54. The lowest BCUT2D eigenvalue weighted by molar-refractivity contribution is 0.0996. The van der Waals surface area contributed by atoms with E-state index < -0.39 is 11.7 Å².